The molecule has 2 rings (SSSR count). The Labute approximate surface area is 160 Å². The summed E-state index contributed by atoms with van der Waals surface area (Å²) >= 11 is 0. The van der Waals surface area contributed by atoms with Crippen molar-refractivity contribution in [3.05, 3.63) is 54.1 Å². The van der Waals surface area contributed by atoms with Crippen molar-refractivity contribution in [2.45, 2.75) is 19.4 Å². The van der Waals surface area contributed by atoms with Gasteiger partial charge in [0.25, 0.3) is 0 Å². The highest BCUT2D eigenvalue weighted by molar-refractivity contribution is 5.84. The molecule has 0 spiro atoms. The number of anilines is 1. The number of benzene rings is 2. The van der Waals surface area contributed by atoms with Crippen LogP contribution in [0.5, 0.6) is 11.5 Å². The van der Waals surface area contributed by atoms with Gasteiger partial charge in [0, 0.05) is 19.3 Å². The number of rotatable bonds is 11. The standard InChI is InChI=1S/C21H28N2O4/c1-16(23-18-6-10-20(11-7-18)27-15-14-25-2)21(24)22-13-12-17-4-8-19(26-3)9-5-17/h4-11,16,23H,12-15H2,1-3H3,(H,22,24). The van der Waals surface area contributed by atoms with Gasteiger partial charge in [-0.3, -0.25) is 4.79 Å². The second-order valence-corrected chi connectivity index (χ2v) is 6.12. The highest BCUT2D eigenvalue weighted by Gasteiger charge is 2.12. The third-order valence-electron chi connectivity index (χ3n) is 4.06. The van der Waals surface area contributed by atoms with Crippen molar-refractivity contribution in [2.24, 2.45) is 0 Å². The maximum Gasteiger partial charge on any atom is 0.242 e. The molecule has 0 bridgehead atoms. The van der Waals surface area contributed by atoms with Crippen LogP contribution in [-0.2, 0) is 16.0 Å². The molecule has 2 aromatic rings. The SMILES string of the molecule is COCCOc1ccc(NC(C)C(=O)NCCc2ccc(OC)cc2)cc1. The Bertz CT molecular complexity index is 686. The number of ether oxygens (including phenoxy) is 3. The lowest BCUT2D eigenvalue weighted by atomic mass is 10.1. The molecule has 1 amide bonds. The molecule has 27 heavy (non-hydrogen) atoms. The zero-order valence-electron chi connectivity index (χ0n) is 16.2. The fraction of sp³-hybridized carbons (Fsp3) is 0.381. The number of amides is 1. The zero-order chi connectivity index (χ0) is 19.5. The van der Waals surface area contributed by atoms with E-state index in [4.69, 9.17) is 14.2 Å². The van der Waals surface area contributed by atoms with Gasteiger partial charge in [-0.2, -0.15) is 0 Å². The summed E-state index contributed by atoms with van der Waals surface area (Å²) in [5.74, 6) is 1.56. The largest absolute Gasteiger partial charge is 0.497 e. The molecule has 1 unspecified atom stereocenters. The van der Waals surface area contributed by atoms with Gasteiger partial charge in [0.15, 0.2) is 0 Å². The average Bonchev–Trinajstić information content (AvgIpc) is 2.70. The Hall–Kier alpha value is -2.73. The van der Waals surface area contributed by atoms with E-state index in [9.17, 15) is 4.79 Å². The van der Waals surface area contributed by atoms with Crippen LogP contribution >= 0.6 is 0 Å². The molecule has 6 nitrogen and oxygen atoms in total. The molecule has 2 N–H and O–H groups in total. The normalized spacial score (nSPS) is 11.5. The smallest absolute Gasteiger partial charge is 0.242 e. The number of carbonyl (C=O) groups excluding carboxylic acids is 1. The maximum absolute atomic E-state index is 12.2. The van der Waals surface area contributed by atoms with Crippen LogP contribution in [0.2, 0.25) is 0 Å². The first kappa shape index (κ1) is 20.6. The lowest BCUT2D eigenvalue weighted by molar-refractivity contribution is -0.121. The van der Waals surface area contributed by atoms with Gasteiger partial charge >= 0.3 is 0 Å². The minimum atomic E-state index is -0.332. The molecule has 0 saturated heterocycles. The first-order valence-corrected chi connectivity index (χ1v) is 9.01. The monoisotopic (exact) mass is 372 g/mol. The van der Waals surface area contributed by atoms with E-state index in [1.165, 1.54) is 0 Å². The summed E-state index contributed by atoms with van der Waals surface area (Å²) in [6.45, 7) is 3.49. The van der Waals surface area contributed by atoms with Gasteiger partial charge < -0.3 is 24.8 Å². The quantitative estimate of drug-likeness (QED) is 0.594. The minimum Gasteiger partial charge on any atom is -0.497 e. The van der Waals surface area contributed by atoms with Crippen LogP contribution in [0.1, 0.15) is 12.5 Å². The predicted octanol–water partition coefficient (Wildman–Crippen LogP) is 2.88. The van der Waals surface area contributed by atoms with E-state index in [0.717, 1.165) is 29.2 Å². The predicted molar refractivity (Wildman–Crippen MR) is 107 cm³/mol. The average molecular weight is 372 g/mol. The molecule has 0 radical (unpaired) electrons. The molecule has 0 aliphatic heterocycles. The van der Waals surface area contributed by atoms with Gasteiger partial charge in [-0.05, 0) is 55.3 Å². The summed E-state index contributed by atoms with van der Waals surface area (Å²) in [4.78, 5) is 12.2. The van der Waals surface area contributed by atoms with Crippen molar-refractivity contribution in [2.75, 3.05) is 39.3 Å². The molecular formula is C21H28N2O4. The van der Waals surface area contributed by atoms with E-state index >= 15 is 0 Å². The maximum atomic E-state index is 12.2. The van der Waals surface area contributed by atoms with Crippen LogP contribution in [0.3, 0.4) is 0 Å². The Kier molecular flexibility index (Phi) is 8.45. The summed E-state index contributed by atoms with van der Waals surface area (Å²) in [6.07, 6.45) is 0.774. The Balaban J connectivity index is 1.72. The lowest BCUT2D eigenvalue weighted by Crippen LogP contribution is -2.38. The third kappa shape index (κ3) is 7.19. The van der Waals surface area contributed by atoms with Crippen molar-refractivity contribution < 1.29 is 19.0 Å². The summed E-state index contributed by atoms with van der Waals surface area (Å²) in [7, 11) is 3.28. The highest BCUT2D eigenvalue weighted by atomic mass is 16.5. The zero-order valence-corrected chi connectivity index (χ0v) is 16.2. The molecular weight excluding hydrogens is 344 g/mol. The van der Waals surface area contributed by atoms with E-state index in [-0.39, 0.29) is 11.9 Å². The van der Waals surface area contributed by atoms with E-state index in [0.29, 0.717) is 19.8 Å². The van der Waals surface area contributed by atoms with E-state index in [1.54, 1.807) is 14.2 Å². The first-order valence-electron chi connectivity index (χ1n) is 9.01. The van der Waals surface area contributed by atoms with Crippen LogP contribution in [-0.4, -0.2) is 45.9 Å². The molecule has 0 aliphatic carbocycles. The van der Waals surface area contributed by atoms with Crippen LogP contribution in [0, 0.1) is 0 Å². The number of carbonyl (C=O) groups is 1. The second kappa shape index (κ2) is 11.1. The van der Waals surface area contributed by atoms with E-state index in [1.807, 2.05) is 55.5 Å². The van der Waals surface area contributed by atoms with Crippen molar-refractivity contribution in [1.29, 1.82) is 0 Å². The topological polar surface area (TPSA) is 68.8 Å². The summed E-state index contributed by atoms with van der Waals surface area (Å²) in [5.41, 5.74) is 2.02. The molecule has 6 heteroatoms. The minimum absolute atomic E-state index is 0.0380. The number of hydrogen-bond donors (Lipinski definition) is 2. The van der Waals surface area contributed by atoms with Gasteiger partial charge in [-0.1, -0.05) is 12.1 Å². The van der Waals surface area contributed by atoms with Crippen molar-refractivity contribution in [3.8, 4) is 11.5 Å². The van der Waals surface area contributed by atoms with Gasteiger partial charge in [0.2, 0.25) is 5.91 Å². The number of hydrogen-bond acceptors (Lipinski definition) is 5. The Morgan fingerprint density at radius 3 is 2.26 bits per heavy atom. The Morgan fingerprint density at radius 2 is 1.63 bits per heavy atom. The molecule has 1 atom stereocenters. The highest BCUT2D eigenvalue weighted by Crippen LogP contribution is 2.16. The van der Waals surface area contributed by atoms with Crippen molar-refractivity contribution in [3.63, 3.8) is 0 Å². The fourth-order valence-corrected chi connectivity index (χ4v) is 2.48. The van der Waals surface area contributed by atoms with E-state index < -0.39 is 0 Å². The fourth-order valence-electron chi connectivity index (χ4n) is 2.48. The molecule has 0 aliphatic rings. The second-order valence-electron chi connectivity index (χ2n) is 6.12. The molecule has 2 aromatic carbocycles. The van der Waals surface area contributed by atoms with Gasteiger partial charge in [-0.25, -0.2) is 0 Å². The number of methoxy groups -OCH3 is 2. The van der Waals surface area contributed by atoms with Crippen LogP contribution in [0.4, 0.5) is 5.69 Å². The number of nitrogens with one attached hydrogen (secondary N) is 2. The van der Waals surface area contributed by atoms with Crippen molar-refractivity contribution >= 4 is 11.6 Å². The van der Waals surface area contributed by atoms with Crippen molar-refractivity contribution in [1.82, 2.24) is 5.32 Å². The molecule has 0 heterocycles. The first-order chi connectivity index (χ1) is 13.1. The molecule has 0 fully saturated rings. The summed E-state index contributed by atoms with van der Waals surface area (Å²) in [6, 6.07) is 15.0. The van der Waals surface area contributed by atoms with Gasteiger partial charge in [0.05, 0.1) is 13.7 Å². The summed E-state index contributed by atoms with van der Waals surface area (Å²) in [5, 5.41) is 6.15. The Morgan fingerprint density at radius 1 is 0.963 bits per heavy atom. The third-order valence-corrected chi connectivity index (χ3v) is 4.06. The lowest BCUT2D eigenvalue weighted by Gasteiger charge is -2.16. The van der Waals surface area contributed by atoms with Gasteiger partial charge in [0.1, 0.15) is 24.1 Å². The van der Waals surface area contributed by atoms with Crippen LogP contribution < -0.4 is 20.1 Å². The molecule has 0 saturated carbocycles. The summed E-state index contributed by atoms with van der Waals surface area (Å²) < 4.78 is 15.6. The van der Waals surface area contributed by atoms with Crippen LogP contribution in [0.15, 0.2) is 48.5 Å². The van der Waals surface area contributed by atoms with Gasteiger partial charge in [-0.15, -0.1) is 0 Å². The molecule has 146 valence electrons. The molecule has 0 aromatic heterocycles. The van der Waals surface area contributed by atoms with E-state index in [2.05, 4.69) is 10.6 Å². The van der Waals surface area contributed by atoms with Crippen LogP contribution in [0.25, 0.3) is 0 Å².